The Hall–Kier alpha value is -1.13. The van der Waals surface area contributed by atoms with Crippen LogP contribution in [0, 0.1) is 5.82 Å². The van der Waals surface area contributed by atoms with Gasteiger partial charge in [0.15, 0.2) is 5.15 Å². The first kappa shape index (κ1) is 10.4. The Morgan fingerprint density at radius 3 is 2.40 bits per heavy atom. The zero-order valence-corrected chi connectivity index (χ0v) is 9.10. The number of aromatic nitrogens is 2. The molecule has 15 heavy (non-hydrogen) atoms. The van der Waals surface area contributed by atoms with Gasteiger partial charge in [0, 0.05) is 17.3 Å². The van der Waals surface area contributed by atoms with E-state index in [-0.39, 0.29) is 5.82 Å². The highest BCUT2D eigenvalue weighted by Crippen LogP contribution is 2.29. The van der Waals surface area contributed by atoms with Crippen LogP contribution in [0.25, 0.3) is 0 Å². The quantitative estimate of drug-likeness (QED) is 0.805. The summed E-state index contributed by atoms with van der Waals surface area (Å²) in [7, 11) is 0. The molecule has 0 saturated carbocycles. The van der Waals surface area contributed by atoms with Crippen LogP contribution in [0.2, 0.25) is 5.15 Å². The Morgan fingerprint density at radius 2 is 1.73 bits per heavy atom. The molecule has 0 amide bonds. The summed E-state index contributed by atoms with van der Waals surface area (Å²) in [6, 6.07) is 6.13. The van der Waals surface area contributed by atoms with Crippen molar-refractivity contribution in [2.75, 3.05) is 0 Å². The second-order valence-corrected chi connectivity index (χ2v) is 4.13. The van der Waals surface area contributed by atoms with Crippen LogP contribution in [-0.4, -0.2) is 9.97 Å². The van der Waals surface area contributed by atoms with Crippen molar-refractivity contribution in [3.63, 3.8) is 0 Å². The molecule has 1 aromatic carbocycles. The van der Waals surface area contributed by atoms with Crippen molar-refractivity contribution in [1.82, 2.24) is 9.97 Å². The summed E-state index contributed by atoms with van der Waals surface area (Å²) in [4.78, 5) is 8.85. The summed E-state index contributed by atoms with van der Waals surface area (Å²) in [5, 5.41) is 0.970. The lowest BCUT2D eigenvalue weighted by atomic mass is 10.4. The molecule has 0 aliphatic carbocycles. The van der Waals surface area contributed by atoms with Gasteiger partial charge in [-0.15, -0.1) is 0 Å². The minimum atomic E-state index is -0.260. The Labute approximate surface area is 95.5 Å². The number of rotatable bonds is 2. The summed E-state index contributed by atoms with van der Waals surface area (Å²) in [6.45, 7) is 0. The molecule has 0 N–H and O–H groups in total. The van der Waals surface area contributed by atoms with E-state index in [0.717, 1.165) is 4.90 Å². The van der Waals surface area contributed by atoms with E-state index in [9.17, 15) is 4.39 Å². The van der Waals surface area contributed by atoms with Crippen molar-refractivity contribution in [3.05, 3.63) is 47.6 Å². The molecule has 5 heteroatoms. The van der Waals surface area contributed by atoms with E-state index in [0.29, 0.717) is 10.2 Å². The van der Waals surface area contributed by atoms with Gasteiger partial charge in [-0.3, -0.25) is 0 Å². The molecule has 0 unspecified atom stereocenters. The molecular weight excluding hydrogens is 235 g/mol. The average Bonchev–Trinajstić information content (AvgIpc) is 2.25. The van der Waals surface area contributed by atoms with Crippen LogP contribution in [0.5, 0.6) is 0 Å². The van der Waals surface area contributed by atoms with Gasteiger partial charge in [0.1, 0.15) is 10.8 Å². The van der Waals surface area contributed by atoms with Gasteiger partial charge in [-0.2, -0.15) is 0 Å². The van der Waals surface area contributed by atoms with Crippen LogP contribution < -0.4 is 0 Å². The van der Waals surface area contributed by atoms with Crippen molar-refractivity contribution < 1.29 is 4.39 Å². The first-order valence-corrected chi connectivity index (χ1v) is 5.35. The van der Waals surface area contributed by atoms with Gasteiger partial charge in [-0.1, -0.05) is 23.4 Å². The SMILES string of the molecule is Fc1ccc(Sc2nccnc2Cl)cc1. The lowest BCUT2D eigenvalue weighted by molar-refractivity contribution is 0.626. The number of benzene rings is 1. The molecule has 0 spiro atoms. The molecule has 0 atom stereocenters. The maximum Gasteiger partial charge on any atom is 0.161 e. The third-order valence-electron chi connectivity index (χ3n) is 1.65. The molecule has 0 aliphatic rings. The zero-order valence-electron chi connectivity index (χ0n) is 7.52. The first-order chi connectivity index (χ1) is 7.25. The van der Waals surface area contributed by atoms with Gasteiger partial charge in [0.2, 0.25) is 0 Å². The maximum atomic E-state index is 12.6. The molecule has 0 aliphatic heterocycles. The van der Waals surface area contributed by atoms with Gasteiger partial charge in [-0.25, -0.2) is 14.4 Å². The fraction of sp³-hybridized carbons (Fsp3) is 0. The van der Waals surface area contributed by atoms with Crippen molar-refractivity contribution in [2.45, 2.75) is 9.92 Å². The monoisotopic (exact) mass is 240 g/mol. The third-order valence-corrected chi connectivity index (χ3v) is 3.04. The van der Waals surface area contributed by atoms with E-state index in [2.05, 4.69) is 9.97 Å². The molecular formula is C10H6ClFN2S. The highest BCUT2D eigenvalue weighted by molar-refractivity contribution is 7.99. The molecule has 2 rings (SSSR count). The predicted octanol–water partition coefficient (Wildman–Crippen LogP) is 3.42. The Balaban J connectivity index is 2.22. The normalized spacial score (nSPS) is 10.3. The molecule has 0 bridgehead atoms. The minimum Gasteiger partial charge on any atom is -0.245 e. The topological polar surface area (TPSA) is 25.8 Å². The average molecular weight is 241 g/mol. The maximum absolute atomic E-state index is 12.6. The van der Waals surface area contributed by atoms with Crippen LogP contribution in [0.3, 0.4) is 0 Å². The number of hydrogen-bond acceptors (Lipinski definition) is 3. The molecule has 76 valence electrons. The number of nitrogens with zero attached hydrogens (tertiary/aromatic N) is 2. The van der Waals surface area contributed by atoms with E-state index in [1.807, 2.05) is 0 Å². The fourth-order valence-electron chi connectivity index (χ4n) is 0.991. The third kappa shape index (κ3) is 2.67. The standard InChI is InChI=1S/C10H6ClFN2S/c11-9-10(14-6-5-13-9)15-8-3-1-7(12)2-4-8/h1-6H. The fourth-order valence-corrected chi connectivity index (χ4v) is 1.96. The second kappa shape index (κ2) is 4.59. The van der Waals surface area contributed by atoms with Crippen molar-refractivity contribution in [3.8, 4) is 0 Å². The molecule has 1 heterocycles. The molecule has 2 nitrogen and oxygen atoms in total. The Kier molecular flexibility index (Phi) is 3.18. The van der Waals surface area contributed by atoms with Crippen LogP contribution in [-0.2, 0) is 0 Å². The number of halogens is 2. The van der Waals surface area contributed by atoms with Crippen LogP contribution in [0.4, 0.5) is 4.39 Å². The minimum absolute atomic E-state index is 0.260. The second-order valence-electron chi connectivity index (χ2n) is 2.71. The van der Waals surface area contributed by atoms with Gasteiger partial charge in [0.25, 0.3) is 0 Å². The largest absolute Gasteiger partial charge is 0.245 e. The van der Waals surface area contributed by atoms with E-state index >= 15 is 0 Å². The van der Waals surface area contributed by atoms with Crippen LogP contribution in [0.1, 0.15) is 0 Å². The first-order valence-electron chi connectivity index (χ1n) is 4.15. The van der Waals surface area contributed by atoms with Crippen molar-refractivity contribution in [2.24, 2.45) is 0 Å². The van der Waals surface area contributed by atoms with E-state index in [1.165, 1.54) is 30.1 Å². The molecule has 1 aromatic heterocycles. The Morgan fingerprint density at radius 1 is 1.07 bits per heavy atom. The van der Waals surface area contributed by atoms with Crippen molar-refractivity contribution in [1.29, 1.82) is 0 Å². The lowest BCUT2D eigenvalue weighted by Crippen LogP contribution is -1.84. The smallest absolute Gasteiger partial charge is 0.161 e. The molecule has 0 fully saturated rings. The molecule has 0 saturated heterocycles. The van der Waals surface area contributed by atoms with Gasteiger partial charge < -0.3 is 0 Å². The Bertz CT molecular complexity index is 461. The number of hydrogen-bond donors (Lipinski definition) is 0. The highest BCUT2D eigenvalue weighted by Gasteiger charge is 2.04. The summed E-state index contributed by atoms with van der Waals surface area (Å²) in [5.41, 5.74) is 0. The van der Waals surface area contributed by atoms with Crippen LogP contribution >= 0.6 is 23.4 Å². The van der Waals surface area contributed by atoms with Gasteiger partial charge in [0.05, 0.1) is 0 Å². The molecule has 0 radical (unpaired) electrons. The summed E-state index contributed by atoms with van der Waals surface area (Å²) < 4.78 is 12.6. The van der Waals surface area contributed by atoms with Crippen molar-refractivity contribution >= 4 is 23.4 Å². The van der Waals surface area contributed by atoms with E-state index in [4.69, 9.17) is 11.6 Å². The lowest BCUT2D eigenvalue weighted by Gasteiger charge is -2.01. The van der Waals surface area contributed by atoms with Gasteiger partial charge in [-0.05, 0) is 24.3 Å². The summed E-state index contributed by atoms with van der Waals surface area (Å²) in [5.74, 6) is -0.260. The van der Waals surface area contributed by atoms with E-state index in [1.54, 1.807) is 18.3 Å². The van der Waals surface area contributed by atoms with Crippen LogP contribution in [0.15, 0.2) is 46.6 Å². The molecule has 2 aromatic rings. The highest BCUT2D eigenvalue weighted by atomic mass is 35.5. The van der Waals surface area contributed by atoms with Gasteiger partial charge >= 0.3 is 0 Å². The summed E-state index contributed by atoms with van der Waals surface area (Å²) >= 11 is 7.19. The zero-order chi connectivity index (χ0) is 10.7. The predicted molar refractivity (Wildman–Crippen MR) is 57.6 cm³/mol. The summed E-state index contributed by atoms with van der Waals surface area (Å²) in [6.07, 6.45) is 3.09. The van der Waals surface area contributed by atoms with E-state index < -0.39 is 0 Å².